The summed E-state index contributed by atoms with van der Waals surface area (Å²) in [5.41, 5.74) is -4.14. The maximum atomic E-state index is 13.0. The van der Waals surface area contributed by atoms with E-state index in [4.69, 9.17) is 0 Å². The van der Waals surface area contributed by atoms with Crippen LogP contribution in [0.4, 0.5) is 26.3 Å². The Morgan fingerprint density at radius 3 is 1.62 bits per heavy atom. The van der Waals surface area contributed by atoms with Crippen molar-refractivity contribution in [3.63, 3.8) is 0 Å². The van der Waals surface area contributed by atoms with Crippen molar-refractivity contribution in [2.45, 2.75) is 12.4 Å². The van der Waals surface area contributed by atoms with Gasteiger partial charge in [-0.3, -0.25) is 0 Å². The molecule has 0 fully saturated rings. The lowest BCUT2D eigenvalue weighted by Crippen LogP contribution is -2.14. The molecule has 0 saturated heterocycles. The zero-order chi connectivity index (χ0) is 15.8. The fourth-order valence-corrected chi connectivity index (χ4v) is 2.00. The minimum Gasteiger partial charge on any atom is -0.508 e. The summed E-state index contributed by atoms with van der Waals surface area (Å²) >= 11 is 0. The van der Waals surface area contributed by atoms with Crippen LogP contribution in [0.15, 0.2) is 42.5 Å². The Labute approximate surface area is 115 Å². The summed E-state index contributed by atoms with van der Waals surface area (Å²) in [6.07, 6.45) is -9.88. The highest BCUT2D eigenvalue weighted by Crippen LogP contribution is 2.44. The fourth-order valence-electron chi connectivity index (χ4n) is 2.00. The molecule has 0 unspecified atom stereocenters. The molecule has 1 N–H and O–H groups in total. The van der Waals surface area contributed by atoms with Crippen molar-refractivity contribution in [1.29, 1.82) is 0 Å². The number of phenols is 1. The highest BCUT2D eigenvalue weighted by molar-refractivity contribution is 5.73. The largest absolute Gasteiger partial charge is 0.508 e. The molecule has 0 saturated carbocycles. The number of alkyl halides is 6. The number of benzene rings is 2. The van der Waals surface area contributed by atoms with E-state index in [-0.39, 0.29) is 5.56 Å². The van der Waals surface area contributed by atoms with Gasteiger partial charge in [-0.2, -0.15) is 26.3 Å². The second-order valence-corrected chi connectivity index (χ2v) is 4.27. The van der Waals surface area contributed by atoms with Crippen LogP contribution >= 0.6 is 0 Å². The number of hydrogen-bond donors (Lipinski definition) is 1. The normalized spacial score (nSPS) is 12.5. The molecule has 0 spiro atoms. The molecule has 2 aromatic rings. The Balaban J connectivity index is 2.83. The Morgan fingerprint density at radius 1 is 0.714 bits per heavy atom. The SMILES string of the molecule is Oc1cccc(-c2c(C(F)(F)F)cccc2C(F)(F)F)c1. The van der Waals surface area contributed by atoms with Crippen molar-refractivity contribution in [1.82, 2.24) is 0 Å². The monoisotopic (exact) mass is 306 g/mol. The minimum atomic E-state index is -4.94. The second-order valence-electron chi connectivity index (χ2n) is 4.27. The first kappa shape index (κ1) is 15.2. The average Bonchev–Trinajstić information content (AvgIpc) is 2.36. The topological polar surface area (TPSA) is 20.2 Å². The number of phenolic OH excluding ortho intramolecular Hbond substituents is 1. The van der Waals surface area contributed by atoms with E-state index in [1.807, 2.05) is 0 Å². The molecule has 0 aliphatic rings. The van der Waals surface area contributed by atoms with Gasteiger partial charge in [0.15, 0.2) is 0 Å². The highest BCUT2D eigenvalue weighted by atomic mass is 19.4. The average molecular weight is 306 g/mol. The van der Waals surface area contributed by atoms with Gasteiger partial charge in [-0.1, -0.05) is 18.2 Å². The molecule has 0 bridgehead atoms. The third-order valence-corrected chi connectivity index (χ3v) is 2.81. The predicted octanol–water partition coefficient (Wildman–Crippen LogP) is 5.10. The van der Waals surface area contributed by atoms with Crippen LogP contribution in [0.25, 0.3) is 11.1 Å². The summed E-state index contributed by atoms with van der Waals surface area (Å²) in [5, 5.41) is 9.30. The Hall–Kier alpha value is -2.18. The first-order chi connectivity index (χ1) is 9.60. The van der Waals surface area contributed by atoms with E-state index < -0.39 is 34.8 Å². The van der Waals surface area contributed by atoms with E-state index in [2.05, 4.69) is 0 Å². The van der Waals surface area contributed by atoms with Crippen molar-refractivity contribution in [2.75, 3.05) is 0 Å². The first-order valence-corrected chi connectivity index (χ1v) is 5.67. The Morgan fingerprint density at radius 2 is 1.19 bits per heavy atom. The van der Waals surface area contributed by atoms with E-state index in [1.54, 1.807) is 0 Å². The van der Waals surface area contributed by atoms with Crippen LogP contribution in [0.2, 0.25) is 0 Å². The number of aromatic hydroxyl groups is 1. The van der Waals surface area contributed by atoms with Crippen molar-refractivity contribution < 1.29 is 31.4 Å². The van der Waals surface area contributed by atoms with Crippen molar-refractivity contribution in [3.8, 4) is 16.9 Å². The summed E-state index contributed by atoms with van der Waals surface area (Å²) in [6, 6.07) is 6.14. The van der Waals surface area contributed by atoms with Crippen LogP contribution in [0.3, 0.4) is 0 Å². The zero-order valence-electron chi connectivity index (χ0n) is 10.3. The third-order valence-electron chi connectivity index (χ3n) is 2.81. The number of halogens is 6. The quantitative estimate of drug-likeness (QED) is 0.727. The predicted molar refractivity (Wildman–Crippen MR) is 63.5 cm³/mol. The summed E-state index contributed by atoms with van der Waals surface area (Å²) in [5.74, 6) is -0.419. The van der Waals surface area contributed by atoms with Gasteiger partial charge in [0.2, 0.25) is 0 Å². The van der Waals surface area contributed by atoms with Gasteiger partial charge in [0.05, 0.1) is 11.1 Å². The van der Waals surface area contributed by atoms with E-state index in [1.165, 1.54) is 6.07 Å². The molecule has 0 heterocycles. The van der Waals surface area contributed by atoms with Gasteiger partial charge in [0.1, 0.15) is 5.75 Å². The fraction of sp³-hybridized carbons (Fsp3) is 0.143. The molecular formula is C14H8F6O. The van der Waals surface area contributed by atoms with Gasteiger partial charge in [-0.15, -0.1) is 0 Å². The molecule has 0 radical (unpaired) electrons. The van der Waals surface area contributed by atoms with Gasteiger partial charge in [0.25, 0.3) is 0 Å². The van der Waals surface area contributed by atoms with Crippen molar-refractivity contribution in [2.24, 2.45) is 0 Å². The molecule has 7 heteroatoms. The van der Waals surface area contributed by atoms with Crippen LogP contribution in [-0.4, -0.2) is 5.11 Å². The van der Waals surface area contributed by atoms with Gasteiger partial charge in [-0.25, -0.2) is 0 Å². The molecule has 21 heavy (non-hydrogen) atoms. The smallest absolute Gasteiger partial charge is 0.417 e. The molecule has 0 aromatic heterocycles. The molecule has 1 nitrogen and oxygen atoms in total. The van der Waals surface area contributed by atoms with E-state index in [0.717, 1.165) is 18.2 Å². The second kappa shape index (κ2) is 4.98. The van der Waals surface area contributed by atoms with Crippen LogP contribution in [0, 0.1) is 0 Å². The minimum absolute atomic E-state index is 0.352. The molecule has 2 rings (SSSR count). The maximum Gasteiger partial charge on any atom is 0.417 e. The molecular weight excluding hydrogens is 298 g/mol. The molecule has 0 aliphatic heterocycles. The van der Waals surface area contributed by atoms with E-state index in [0.29, 0.717) is 18.2 Å². The van der Waals surface area contributed by atoms with Crippen molar-refractivity contribution in [3.05, 3.63) is 53.6 Å². The molecule has 0 amide bonds. The lowest BCUT2D eigenvalue weighted by Gasteiger charge is -2.19. The summed E-state index contributed by atoms with van der Waals surface area (Å²) in [4.78, 5) is 0. The lowest BCUT2D eigenvalue weighted by molar-refractivity contribution is -0.142. The number of rotatable bonds is 1. The molecule has 2 aromatic carbocycles. The van der Waals surface area contributed by atoms with Crippen LogP contribution in [-0.2, 0) is 12.4 Å². The maximum absolute atomic E-state index is 13.0. The number of hydrogen-bond acceptors (Lipinski definition) is 1. The van der Waals surface area contributed by atoms with Gasteiger partial charge >= 0.3 is 12.4 Å². The standard InChI is InChI=1S/C14H8F6O/c15-13(16,17)10-5-2-6-11(14(18,19)20)12(10)8-3-1-4-9(21)7-8/h1-7,21H. The molecule has 0 aliphatic carbocycles. The lowest BCUT2D eigenvalue weighted by atomic mass is 9.93. The summed E-state index contributed by atoms with van der Waals surface area (Å²) in [7, 11) is 0. The Kier molecular flexibility index (Phi) is 3.61. The molecule has 112 valence electrons. The van der Waals surface area contributed by atoms with E-state index in [9.17, 15) is 31.4 Å². The van der Waals surface area contributed by atoms with Crippen LogP contribution in [0.5, 0.6) is 5.75 Å². The zero-order valence-corrected chi connectivity index (χ0v) is 10.3. The molecule has 0 atom stereocenters. The third kappa shape index (κ3) is 3.12. The van der Waals surface area contributed by atoms with Crippen LogP contribution in [0.1, 0.15) is 11.1 Å². The summed E-state index contributed by atoms with van der Waals surface area (Å²) in [6.45, 7) is 0. The van der Waals surface area contributed by atoms with Gasteiger partial charge < -0.3 is 5.11 Å². The first-order valence-electron chi connectivity index (χ1n) is 5.67. The Bertz CT molecular complexity index is 625. The van der Waals surface area contributed by atoms with Crippen molar-refractivity contribution >= 4 is 0 Å². The summed E-state index contributed by atoms with van der Waals surface area (Å²) < 4.78 is 77.8. The van der Waals surface area contributed by atoms with Crippen LogP contribution < -0.4 is 0 Å². The highest BCUT2D eigenvalue weighted by Gasteiger charge is 2.40. The van der Waals surface area contributed by atoms with Gasteiger partial charge in [-0.05, 0) is 29.8 Å². The van der Waals surface area contributed by atoms with E-state index >= 15 is 0 Å². The van der Waals surface area contributed by atoms with Gasteiger partial charge in [0, 0.05) is 5.56 Å².